The van der Waals surface area contributed by atoms with Gasteiger partial charge in [0.1, 0.15) is 0 Å². The van der Waals surface area contributed by atoms with Gasteiger partial charge in [-0.05, 0) is 133 Å². The molecule has 0 bridgehead atoms. The van der Waals surface area contributed by atoms with E-state index in [4.69, 9.17) is 0 Å². The van der Waals surface area contributed by atoms with E-state index >= 15 is 0 Å². The maximum absolute atomic E-state index is 2.98. The summed E-state index contributed by atoms with van der Waals surface area (Å²) in [5, 5.41) is 2.59. The monoisotopic (exact) mass is 823 g/mol. The molecule has 1 fully saturated rings. The zero-order chi connectivity index (χ0) is 44.0. The summed E-state index contributed by atoms with van der Waals surface area (Å²) in [6, 6.07) is 52.4. The smallest absolute Gasteiger partial charge is 0.328 e. The van der Waals surface area contributed by atoms with Crippen LogP contribution in [0.4, 0.5) is 22.7 Å². The molecule has 7 aromatic carbocycles. The minimum atomic E-state index is -0.0514. The average Bonchev–Trinajstić information content (AvgIpc) is 3.47. The Bertz CT molecular complexity index is 2990. The molecule has 0 radical (unpaired) electrons. The van der Waals surface area contributed by atoms with Gasteiger partial charge in [-0.1, -0.05) is 185 Å². The first-order valence-corrected chi connectivity index (χ1v) is 23.7. The lowest BCUT2D eigenvalue weighted by Gasteiger charge is -2.55. The van der Waals surface area contributed by atoms with E-state index in [2.05, 4.69) is 219 Å². The second kappa shape index (κ2) is 13.5. The van der Waals surface area contributed by atoms with Gasteiger partial charge in [-0.25, -0.2) is 0 Å². The molecule has 1 saturated carbocycles. The second-order valence-corrected chi connectivity index (χ2v) is 23.0. The van der Waals surface area contributed by atoms with Crippen LogP contribution in [0.25, 0.3) is 44.2 Å². The molecular formula is C60H63BN2. The van der Waals surface area contributed by atoms with E-state index in [0.29, 0.717) is 0 Å². The molecule has 3 aliphatic heterocycles. The standard InChI is InChI=1S/C60H63BN2/c1-56(2,3)43-26-21-38(22-27-43)40-18-16-19-46(33-40)62-52-35-41(39-23-28-44(29-24-39)57(4,5)6)25-30-51(52)61-53-48(34-42-17-12-13-20-47(42)55(53)62)49-36-45(58(7,8)9)37-50-54(49)63(61)60(11)32-15-14-31-59(50,60)10/h12-13,16-30,33-37H,14-15,31-32H2,1-11H3. The summed E-state index contributed by atoms with van der Waals surface area (Å²) >= 11 is 0. The SMILES string of the molecule is CC(C)(C)c1ccc(-c2cccc(N3c4cc(-c5ccc(C(C)(C)C)cc5)ccc4B4c5c(cc6ccccc6c53)-c3cc(C(C)(C)C)cc5c3N4C3(C)CCCCC53C)c2)cc1. The van der Waals surface area contributed by atoms with Crippen LogP contribution in [0, 0.1) is 0 Å². The third-order valence-electron chi connectivity index (χ3n) is 16.1. The zero-order valence-electron chi connectivity index (χ0n) is 39.5. The third-order valence-corrected chi connectivity index (χ3v) is 16.1. The first-order valence-electron chi connectivity index (χ1n) is 23.7. The number of benzene rings is 7. The minimum absolute atomic E-state index is 0.0137. The van der Waals surface area contributed by atoms with Crippen LogP contribution >= 0.6 is 0 Å². The fourth-order valence-corrected chi connectivity index (χ4v) is 12.1. The Balaban J connectivity index is 1.23. The lowest BCUT2D eigenvalue weighted by atomic mass is 9.42. The number of anilines is 4. The highest BCUT2D eigenvalue weighted by Gasteiger charge is 2.63. The summed E-state index contributed by atoms with van der Waals surface area (Å²) in [6.45, 7) is 26.3. The van der Waals surface area contributed by atoms with E-state index in [-0.39, 0.29) is 34.0 Å². The maximum atomic E-state index is 2.98. The molecule has 4 aliphatic rings. The average molecular weight is 823 g/mol. The molecule has 0 aromatic heterocycles. The lowest BCUT2D eigenvalue weighted by molar-refractivity contribution is 0.199. The van der Waals surface area contributed by atoms with Crippen molar-refractivity contribution < 1.29 is 0 Å². The first kappa shape index (κ1) is 40.3. The molecule has 0 N–H and O–H groups in total. The van der Waals surface area contributed by atoms with Crippen LogP contribution in [-0.4, -0.2) is 12.4 Å². The highest BCUT2D eigenvalue weighted by atomic mass is 15.2. The molecular weight excluding hydrogens is 759 g/mol. The van der Waals surface area contributed by atoms with Gasteiger partial charge < -0.3 is 9.71 Å². The molecule has 0 saturated heterocycles. The van der Waals surface area contributed by atoms with Gasteiger partial charge in [-0.3, -0.25) is 0 Å². The summed E-state index contributed by atoms with van der Waals surface area (Å²) in [6.07, 6.45) is 4.93. The lowest BCUT2D eigenvalue weighted by Crippen LogP contribution is -2.70. The predicted octanol–water partition coefficient (Wildman–Crippen LogP) is 15.0. The fraction of sp³-hybridized carbons (Fsp3) is 0.333. The summed E-state index contributed by atoms with van der Waals surface area (Å²) in [7, 11) is 0. The molecule has 1 aliphatic carbocycles. The largest absolute Gasteiger partial charge is 0.400 e. The molecule has 3 heteroatoms. The van der Waals surface area contributed by atoms with Crippen LogP contribution in [0.3, 0.4) is 0 Å². The summed E-state index contributed by atoms with van der Waals surface area (Å²) in [5.74, 6) is 0. The molecule has 2 nitrogen and oxygen atoms in total. The van der Waals surface area contributed by atoms with E-state index in [1.807, 2.05) is 0 Å². The Labute approximate surface area is 377 Å². The van der Waals surface area contributed by atoms with Crippen molar-refractivity contribution in [3.8, 4) is 33.4 Å². The van der Waals surface area contributed by atoms with Gasteiger partial charge in [0.2, 0.25) is 0 Å². The van der Waals surface area contributed by atoms with Crippen molar-refractivity contribution in [2.24, 2.45) is 0 Å². The van der Waals surface area contributed by atoms with Gasteiger partial charge in [0.05, 0.1) is 5.69 Å². The molecule has 7 aromatic rings. The van der Waals surface area contributed by atoms with Crippen LogP contribution in [0.5, 0.6) is 0 Å². The van der Waals surface area contributed by atoms with E-state index in [9.17, 15) is 0 Å². The van der Waals surface area contributed by atoms with Gasteiger partial charge in [0.25, 0.3) is 0 Å². The van der Waals surface area contributed by atoms with Gasteiger partial charge in [0.15, 0.2) is 0 Å². The minimum Gasteiger partial charge on any atom is -0.400 e. The summed E-state index contributed by atoms with van der Waals surface area (Å²) in [5.41, 5.74) is 21.8. The Morgan fingerprint density at radius 2 is 1.11 bits per heavy atom. The third kappa shape index (κ3) is 5.90. The molecule has 2 atom stereocenters. The van der Waals surface area contributed by atoms with Crippen molar-refractivity contribution in [2.45, 2.75) is 129 Å². The topological polar surface area (TPSA) is 6.48 Å². The Morgan fingerprint density at radius 3 is 1.76 bits per heavy atom. The van der Waals surface area contributed by atoms with E-state index in [1.165, 1.54) is 120 Å². The summed E-state index contributed by atoms with van der Waals surface area (Å²) in [4.78, 5) is 5.63. The van der Waals surface area contributed by atoms with Gasteiger partial charge in [-0.15, -0.1) is 0 Å². The number of hydrogen-bond donors (Lipinski definition) is 0. The van der Waals surface area contributed by atoms with Crippen molar-refractivity contribution in [1.82, 2.24) is 0 Å². The van der Waals surface area contributed by atoms with E-state index < -0.39 is 0 Å². The second-order valence-electron chi connectivity index (χ2n) is 23.0. The number of nitrogens with zero attached hydrogens (tertiary/aromatic N) is 2. The molecule has 0 spiro atoms. The van der Waals surface area contributed by atoms with Crippen LogP contribution in [0.2, 0.25) is 0 Å². The molecule has 316 valence electrons. The number of hydrogen-bond acceptors (Lipinski definition) is 2. The summed E-state index contributed by atoms with van der Waals surface area (Å²) < 4.78 is 0. The van der Waals surface area contributed by atoms with Crippen LogP contribution in [0.15, 0.2) is 133 Å². The quantitative estimate of drug-likeness (QED) is 0.164. The Hall–Kier alpha value is -5.54. The van der Waals surface area contributed by atoms with Gasteiger partial charge in [0, 0.05) is 39.0 Å². The molecule has 63 heavy (non-hydrogen) atoms. The van der Waals surface area contributed by atoms with Gasteiger partial charge >= 0.3 is 6.85 Å². The molecule has 3 heterocycles. The van der Waals surface area contributed by atoms with E-state index in [0.717, 1.165) is 0 Å². The van der Waals surface area contributed by atoms with E-state index in [1.54, 1.807) is 5.56 Å². The van der Waals surface area contributed by atoms with Gasteiger partial charge in [-0.2, -0.15) is 0 Å². The Kier molecular flexibility index (Phi) is 8.62. The highest BCUT2D eigenvalue weighted by molar-refractivity contribution is 6.93. The molecule has 0 amide bonds. The molecule has 11 rings (SSSR count). The number of fused-ring (bicyclic) bond motifs is 9. The maximum Gasteiger partial charge on any atom is 0.328 e. The normalized spacial score (nSPS) is 20.1. The van der Waals surface area contributed by atoms with Crippen LogP contribution in [0.1, 0.15) is 124 Å². The van der Waals surface area contributed by atoms with Crippen molar-refractivity contribution >= 4 is 51.3 Å². The first-order chi connectivity index (χ1) is 29.9. The number of rotatable bonds is 3. The fourth-order valence-electron chi connectivity index (χ4n) is 12.1. The zero-order valence-corrected chi connectivity index (χ0v) is 39.5. The Morgan fingerprint density at radius 1 is 0.508 bits per heavy atom. The van der Waals surface area contributed by atoms with Crippen LogP contribution < -0.4 is 20.6 Å². The highest BCUT2D eigenvalue weighted by Crippen LogP contribution is 2.64. The van der Waals surface area contributed by atoms with Crippen molar-refractivity contribution in [3.05, 3.63) is 156 Å². The van der Waals surface area contributed by atoms with Crippen molar-refractivity contribution in [1.29, 1.82) is 0 Å². The predicted molar refractivity (Wildman–Crippen MR) is 273 cm³/mol. The van der Waals surface area contributed by atoms with Crippen LogP contribution in [-0.2, 0) is 21.7 Å². The molecule has 2 unspecified atom stereocenters. The van der Waals surface area contributed by atoms with Crippen molar-refractivity contribution in [3.63, 3.8) is 0 Å². The van der Waals surface area contributed by atoms with Crippen molar-refractivity contribution in [2.75, 3.05) is 9.71 Å².